The second-order valence-corrected chi connectivity index (χ2v) is 19.0. The van der Waals surface area contributed by atoms with Gasteiger partial charge in [0, 0.05) is 35.5 Å². The van der Waals surface area contributed by atoms with Gasteiger partial charge in [0.1, 0.15) is 29.0 Å². The first-order valence-corrected chi connectivity index (χ1v) is 22.7. The van der Waals surface area contributed by atoms with Gasteiger partial charge < -0.3 is 40.0 Å². The van der Waals surface area contributed by atoms with Gasteiger partial charge in [-0.15, -0.1) is 11.3 Å². The molecule has 5 aromatic rings. The van der Waals surface area contributed by atoms with Gasteiger partial charge in [0.05, 0.1) is 65.0 Å². The van der Waals surface area contributed by atoms with Crippen LogP contribution in [0.3, 0.4) is 0 Å². The summed E-state index contributed by atoms with van der Waals surface area (Å²) < 4.78 is 36.1. The molecular weight excluding hydrogens is 824 g/mol. The smallest absolute Gasteiger partial charge is 0.410 e. The molecule has 4 atom stereocenters. The van der Waals surface area contributed by atoms with Crippen molar-refractivity contribution in [3.63, 3.8) is 0 Å². The van der Waals surface area contributed by atoms with E-state index in [4.69, 9.17) is 24.9 Å². The summed E-state index contributed by atoms with van der Waals surface area (Å²) in [7, 11) is 1.27. The molecule has 3 aliphatic heterocycles. The van der Waals surface area contributed by atoms with Crippen LogP contribution >= 0.6 is 11.3 Å². The Hall–Kier alpha value is -5.74. The molecule has 3 aromatic heterocycles. The van der Waals surface area contributed by atoms with Crippen molar-refractivity contribution in [3.05, 3.63) is 81.7 Å². The van der Waals surface area contributed by atoms with Gasteiger partial charge in [0.15, 0.2) is 0 Å². The number of likely N-dealkylation sites (tertiary alicyclic amines) is 2. The SMILES string of the molecule is CCc1ccc(C2Oc3cc(-c4cnc(C5CCCN5C(=O)C(NC(=O)OC)C(C)C)[nH]4)cc(F)c3-c3cc4cc(C(CN)=NCC5CCCN5C(=O)OC(C)(C)C)ccc4n32)s1. The topological polar surface area (TPSA) is 169 Å². The maximum Gasteiger partial charge on any atom is 0.410 e. The number of carbonyl (C=O) groups is 3. The number of imidazole rings is 1. The number of hydrogen-bond donors (Lipinski definition) is 3. The van der Waals surface area contributed by atoms with Crippen molar-refractivity contribution in [1.82, 2.24) is 29.7 Å². The number of aromatic amines is 1. The number of carbonyl (C=O) groups excluding carboxylic acids is 3. The minimum Gasteiger partial charge on any atom is -0.464 e. The average Bonchev–Trinajstić information content (AvgIpc) is 4.11. The van der Waals surface area contributed by atoms with Gasteiger partial charge in [-0.05, 0) is 107 Å². The van der Waals surface area contributed by atoms with Crippen molar-refractivity contribution in [2.45, 2.75) is 104 Å². The van der Waals surface area contributed by atoms with E-state index in [0.717, 1.165) is 47.0 Å². The molecule has 8 rings (SSSR count). The molecule has 16 heteroatoms. The highest BCUT2D eigenvalue weighted by Crippen LogP contribution is 2.48. The van der Waals surface area contributed by atoms with E-state index >= 15 is 4.39 Å². The number of aryl methyl sites for hydroxylation is 1. The molecule has 0 bridgehead atoms. The number of nitrogens with zero attached hydrogens (tertiary/aromatic N) is 5. The van der Waals surface area contributed by atoms with Gasteiger partial charge in [-0.25, -0.2) is 19.0 Å². The molecule has 0 radical (unpaired) electrons. The van der Waals surface area contributed by atoms with E-state index in [1.165, 1.54) is 18.1 Å². The summed E-state index contributed by atoms with van der Waals surface area (Å²) in [6, 6.07) is 14.4. The van der Waals surface area contributed by atoms with Gasteiger partial charge in [-0.2, -0.15) is 0 Å². The third-order valence-electron chi connectivity index (χ3n) is 12.1. The number of alkyl carbamates (subject to hydrolysis) is 1. The molecule has 0 aliphatic carbocycles. The Morgan fingerprint density at radius 2 is 1.86 bits per heavy atom. The van der Waals surface area contributed by atoms with Crippen LogP contribution in [-0.2, 0) is 20.7 Å². The third-order valence-corrected chi connectivity index (χ3v) is 13.3. The lowest BCUT2D eigenvalue weighted by Gasteiger charge is -2.30. The van der Waals surface area contributed by atoms with Crippen LogP contribution in [0, 0.1) is 11.7 Å². The molecule has 334 valence electrons. The van der Waals surface area contributed by atoms with Crippen LogP contribution < -0.4 is 15.8 Å². The van der Waals surface area contributed by atoms with E-state index in [-0.39, 0.29) is 36.5 Å². The van der Waals surface area contributed by atoms with E-state index in [2.05, 4.69) is 38.9 Å². The molecule has 3 amide bonds. The Bertz CT molecular complexity index is 2550. The standard InChI is InChI=1S/C47H57FN8O6S/c1-8-31-14-16-39(63-31)44-56-35-15-13-27(33(23-49)50-24-30-11-9-17-54(30)46(59)62-47(4,5)6)19-29(35)21-37(56)40-32(48)20-28(22-38(40)61-44)34-25-51-42(52-34)36-12-10-18-55(36)43(57)41(26(2)3)53-45(58)60-7/h13-16,19-22,25-26,30,36,41,44H,8-12,17-18,23-24,49H2,1-7H3,(H,51,52)(H,53,58). The monoisotopic (exact) mass is 880 g/mol. The molecule has 4 N–H and O–H groups in total. The van der Waals surface area contributed by atoms with E-state index in [9.17, 15) is 14.4 Å². The van der Waals surface area contributed by atoms with Crippen LogP contribution in [-0.4, -0.2) is 99.1 Å². The van der Waals surface area contributed by atoms with Crippen molar-refractivity contribution in [2.75, 3.05) is 33.3 Å². The number of nitrogens with two attached hydrogens (primary N) is 1. The minimum atomic E-state index is -0.762. The normalized spacial score (nSPS) is 19.3. The second kappa shape index (κ2) is 17.8. The molecule has 14 nitrogen and oxygen atoms in total. The number of nitrogens with one attached hydrogen (secondary N) is 2. The summed E-state index contributed by atoms with van der Waals surface area (Å²) in [6.07, 6.45) is 4.15. The fraction of sp³-hybridized carbons (Fsp3) is 0.468. The summed E-state index contributed by atoms with van der Waals surface area (Å²) >= 11 is 1.67. The fourth-order valence-corrected chi connectivity index (χ4v) is 9.91. The molecule has 2 aromatic carbocycles. The van der Waals surface area contributed by atoms with Gasteiger partial charge in [0.25, 0.3) is 0 Å². The van der Waals surface area contributed by atoms with Crippen LogP contribution in [0.2, 0.25) is 0 Å². The molecule has 2 fully saturated rings. The zero-order chi connectivity index (χ0) is 44.7. The van der Waals surface area contributed by atoms with Crippen LogP contribution in [0.15, 0.2) is 59.7 Å². The average molecular weight is 881 g/mol. The number of hydrogen-bond acceptors (Lipinski definition) is 10. The number of thiophene rings is 1. The Labute approximate surface area is 371 Å². The van der Waals surface area contributed by atoms with Crippen molar-refractivity contribution >= 4 is 46.0 Å². The van der Waals surface area contributed by atoms with Crippen LogP contribution in [0.1, 0.15) is 101 Å². The molecule has 0 saturated carbocycles. The Morgan fingerprint density at radius 1 is 1.08 bits per heavy atom. The maximum absolute atomic E-state index is 16.8. The van der Waals surface area contributed by atoms with Crippen LogP contribution in [0.5, 0.6) is 5.75 Å². The van der Waals surface area contributed by atoms with E-state index in [1.54, 1.807) is 27.3 Å². The lowest BCUT2D eigenvalue weighted by atomic mass is 10.0. The summed E-state index contributed by atoms with van der Waals surface area (Å²) in [4.78, 5) is 57.6. The summed E-state index contributed by atoms with van der Waals surface area (Å²) in [5.74, 6) is 0.150. The number of aromatic nitrogens is 3. The van der Waals surface area contributed by atoms with E-state index in [1.807, 2.05) is 65.0 Å². The number of methoxy groups -OCH3 is 1. The summed E-state index contributed by atoms with van der Waals surface area (Å²) in [6.45, 7) is 13.2. The molecule has 0 spiro atoms. The Morgan fingerprint density at radius 3 is 2.57 bits per heavy atom. The first-order chi connectivity index (χ1) is 30.2. The van der Waals surface area contributed by atoms with Gasteiger partial charge in [-0.1, -0.05) is 26.8 Å². The minimum absolute atomic E-state index is 0.0812. The Kier molecular flexibility index (Phi) is 12.4. The van der Waals surface area contributed by atoms with E-state index in [0.29, 0.717) is 65.9 Å². The molecule has 63 heavy (non-hydrogen) atoms. The van der Waals surface area contributed by atoms with Gasteiger partial charge in [-0.3, -0.25) is 14.4 Å². The number of aliphatic imine (C=N–C) groups is 1. The molecule has 2 saturated heterocycles. The first kappa shape index (κ1) is 43.9. The fourth-order valence-electron chi connectivity index (χ4n) is 8.94. The quantitative estimate of drug-likeness (QED) is 0.111. The zero-order valence-corrected chi connectivity index (χ0v) is 37.8. The number of H-pyrrole nitrogens is 1. The lowest BCUT2D eigenvalue weighted by molar-refractivity contribution is -0.135. The molecule has 4 unspecified atom stereocenters. The number of amides is 3. The van der Waals surface area contributed by atoms with Gasteiger partial charge >= 0.3 is 12.2 Å². The second-order valence-electron chi connectivity index (χ2n) is 17.8. The summed E-state index contributed by atoms with van der Waals surface area (Å²) in [5, 5.41) is 3.57. The largest absolute Gasteiger partial charge is 0.464 e. The highest BCUT2D eigenvalue weighted by molar-refractivity contribution is 7.12. The number of halogens is 1. The van der Waals surface area contributed by atoms with Crippen LogP contribution in [0.4, 0.5) is 14.0 Å². The predicted octanol–water partition coefficient (Wildman–Crippen LogP) is 8.59. The van der Waals surface area contributed by atoms with E-state index < -0.39 is 29.8 Å². The molecular formula is C47H57FN8O6S. The van der Waals surface area contributed by atoms with Crippen molar-refractivity contribution in [3.8, 4) is 28.3 Å². The number of rotatable bonds is 11. The number of benzene rings is 2. The highest BCUT2D eigenvalue weighted by Gasteiger charge is 2.38. The Balaban J connectivity index is 1.11. The predicted molar refractivity (Wildman–Crippen MR) is 242 cm³/mol. The number of ether oxygens (including phenoxy) is 3. The third kappa shape index (κ3) is 8.79. The molecule has 3 aliphatic rings. The van der Waals surface area contributed by atoms with Crippen molar-refractivity contribution in [1.29, 1.82) is 0 Å². The van der Waals surface area contributed by atoms with Crippen molar-refractivity contribution in [2.24, 2.45) is 16.6 Å². The first-order valence-electron chi connectivity index (χ1n) is 21.9. The van der Waals surface area contributed by atoms with Crippen LogP contribution in [0.25, 0.3) is 33.4 Å². The summed E-state index contributed by atoms with van der Waals surface area (Å²) in [5.41, 5.74) is 10.3. The zero-order valence-electron chi connectivity index (χ0n) is 37.0. The highest BCUT2D eigenvalue weighted by atomic mass is 32.1. The van der Waals surface area contributed by atoms with Gasteiger partial charge in [0.2, 0.25) is 12.1 Å². The maximum atomic E-state index is 16.8. The van der Waals surface area contributed by atoms with Crippen molar-refractivity contribution < 1.29 is 33.0 Å². The lowest BCUT2D eigenvalue weighted by Crippen LogP contribution is -2.51. The number of fused-ring (bicyclic) bond motifs is 5. The molecule has 6 heterocycles.